The Hall–Kier alpha value is -2.27. The third-order valence-corrected chi connectivity index (χ3v) is 6.25. The topological polar surface area (TPSA) is 133 Å². The molecule has 1 saturated carbocycles. The van der Waals surface area contributed by atoms with E-state index in [0.717, 1.165) is 42.6 Å². The average molecular weight is 479 g/mol. The largest absolute Gasteiger partial charge is 0.465 e. The Balaban J connectivity index is 1.77. The second-order valence-corrected chi connectivity index (χ2v) is 9.06. The van der Waals surface area contributed by atoms with Gasteiger partial charge in [-0.05, 0) is 63.1 Å². The van der Waals surface area contributed by atoms with E-state index in [1.54, 1.807) is 7.11 Å². The van der Waals surface area contributed by atoms with Crippen LogP contribution in [0.1, 0.15) is 55.6 Å². The van der Waals surface area contributed by atoms with Gasteiger partial charge in [0.2, 0.25) is 0 Å². The third kappa shape index (κ3) is 7.63. The van der Waals surface area contributed by atoms with E-state index in [9.17, 15) is 14.7 Å². The van der Waals surface area contributed by atoms with Crippen LogP contribution in [0.3, 0.4) is 0 Å². The fraction of sp³-hybridized carbons (Fsp3) is 0.708. The number of amides is 2. The van der Waals surface area contributed by atoms with Crippen molar-refractivity contribution in [2.24, 2.45) is 0 Å². The Labute approximate surface area is 201 Å². The van der Waals surface area contributed by atoms with Gasteiger partial charge in [0.15, 0.2) is 0 Å². The number of aromatic nitrogens is 1. The van der Waals surface area contributed by atoms with Crippen LogP contribution in [-0.2, 0) is 27.1 Å². The van der Waals surface area contributed by atoms with Crippen LogP contribution >= 0.6 is 0 Å². The number of carbonyl (C=O) groups excluding carboxylic acids is 1. The Morgan fingerprint density at radius 2 is 1.97 bits per heavy atom. The molecule has 0 unspecified atom stereocenters. The van der Waals surface area contributed by atoms with Crippen LogP contribution in [0.5, 0.6) is 0 Å². The highest BCUT2D eigenvalue weighted by molar-refractivity contribution is 5.82. The molecule has 190 valence electrons. The van der Waals surface area contributed by atoms with Crippen LogP contribution in [0, 0.1) is 0 Å². The van der Waals surface area contributed by atoms with Crippen molar-refractivity contribution in [1.82, 2.24) is 20.5 Å². The van der Waals surface area contributed by atoms with Gasteiger partial charge in [0.1, 0.15) is 6.10 Å². The molecule has 0 aromatic carbocycles. The average Bonchev–Trinajstić information content (AvgIpc) is 3.67. The fourth-order valence-electron chi connectivity index (χ4n) is 4.36. The molecule has 0 radical (unpaired) electrons. The van der Waals surface area contributed by atoms with Gasteiger partial charge in [-0.15, -0.1) is 0 Å². The van der Waals surface area contributed by atoms with E-state index in [-0.39, 0.29) is 30.7 Å². The van der Waals surface area contributed by atoms with E-state index in [1.807, 2.05) is 17.9 Å². The summed E-state index contributed by atoms with van der Waals surface area (Å²) in [6.45, 7) is 3.90. The molecule has 1 aliphatic heterocycles. The number of aliphatic hydroxyl groups is 1. The van der Waals surface area contributed by atoms with Gasteiger partial charge in [0.25, 0.3) is 5.91 Å². The number of aryl methyl sites for hydroxylation is 2. The van der Waals surface area contributed by atoms with Crippen molar-refractivity contribution in [2.45, 2.75) is 69.7 Å². The van der Waals surface area contributed by atoms with Gasteiger partial charge in [-0.1, -0.05) is 0 Å². The molecule has 10 heteroatoms. The second-order valence-electron chi connectivity index (χ2n) is 9.06. The molecule has 2 amide bonds. The number of nitrogens with zero attached hydrogens (tertiary/aromatic N) is 2. The Kier molecular flexibility index (Phi) is 10.1. The number of rotatable bonds is 13. The lowest BCUT2D eigenvalue weighted by Crippen LogP contribution is -2.54. The first-order valence-electron chi connectivity index (χ1n) is 12.2. The summed E-state index contributed by atoms with van der Waals surface area (Å²) in [7, 11) is 1.68. The summed E-state index contributed by atoms with van der Waals surface area (Å²) in [5, 5.41) is 23.8. The van der Waals surface area contributed by atoms with Crippen molar-refractivity contribution in [3.05, 3.63) is 29.1 Å². The highest BCUT2D eigenvalue weighted by Crippen LogP contribution is 2.36. The maximum absolute atomic E-state index is 13.5. The second kappa shape index (κ2) is 13.0. The molecule has 3 atom stereocenters. The van der Waals surface area contributed by atoms with Gasteiger partial charge < -0.3 is 35.2 Å². The molecule has 4 N–H and O–H groups in total. The summed E-state index contributed by atoms with van der Waals surface area (Å²) < 4.78 is 11.0. The summed E-state index contributed by atoms with van der Waals surface area (Å²) >= 11 is 0. The molecule has 1 aromatic rings. The molecule has 2 heterocycles. The molecule has 10 nitrogen and oxygen atoms in total. The normalized spacial score (nSPS) is 21.1. The van der Waals surface area contributed by atoms with Gasteiger partial charge >= 0.3 is 6.09 Å². The van der Waals surface area contributed by atoms with Gasteiger partial charge in [-0.2, -0.15) is 0 Å². The number of hydrogen-bond acceptors (Lipinski definition) is 7. The van der Waals surface area contributed by atoms with Crippen molar-refractivity contribution < 1.29 is 29.3 Å². The minimum atomic E-state index is -1.03. The number of carbonyl (C=O) groups is 2. The van der Waals surface area contributed by atoms with E-state index in [4.69, 9.17) is 19.6 Å². The minimum absolute atomic E-state index is 0.0504. The van der Waals surface area contributed by atoms with Crippen LogP contribution in [-0.4, -0.2) is 90.3 Å². The van der Waals surface area contributed by atoms with Crippen LogP contribution in [0.4, 0.5) is 4.79 Å². The molecule has 2 aliphatic rings. The number of ether oxygens (including phenoxy) is 2. The number of pyridine rings is 1. The molecular formula is C24H38N4O6. The Morgan fingerprint density at radius 3 is 2.59 bits per heavy atom. The maximum Gasteiger partial charge on any atom is 0.404 e. The zero-order valence-electron chi connectivity index (χ0n) is 20.2. The maximum atomic E-state index is 13.5. The van der Waals surface area contributed by atoms with Crippen molar-refractivity contribution in [1.29, 1.82) is 0 Å². The standard InChI is InChI=1S/C24H38N4O6/c1-16(28(20-7-8-20)23(30)22-14-25-13-21(15-29)34-22)17-11-18(5-3-9-26-24(31)32)27-19(12-17)6-4-10-33-2/h11-12,16,20-22,25-26,29H,3-10,13-15H2,1-2H3,(H,31,32)/t16-,21+,22-/m1/s1. The van der Waals surface area contributed by atoms with Crippen LogP contribution < -0.4 is 10.6 Å². The Bertz CT molecular complexity index is 819. The zero-order valence-corrected chi connectivity index (χ0v) is 20.2. The SMILES string of the molecule is COCCCc1cc([C@@H](C)N(C(=O)[C@H]2CNC[C@@H](CO)O2)C2CC2)cc(CCCNC(=O)O)n1. The molecule has 0 spiro atoms. The van der Waals surface area contributed by atoms with E-state index < -0.39 is 12.2 Å². The van der Waals surface area contributed by atoms with Crippen molar-refractivity contribution in [3.63, 3.8) is 0 Å². The van der Waals surface area contributed by atoms with Crippen LogP contribution in [0.15, 0.2) is 12.1 Å². The van der Waals surface area contributed by atoms with Crippen molar-refractivity contribution >= 4 is 12.0 Å². The van der Waals surface area contributed by atoms with Crippen LogP contribution in [0.2, 0.25) is 0 Å². The lowest BCUT2D eigenvalue weighted by molar-refractivity contribution is -0.155. The predicted octanol–water partition coefficient (Wildman–Crippen LogP) is 1.26. The van der Waals surface area contributed by atoms with Gasteiger partial charge in [-0.25, -0.2) is 4.79 Å². The lowest BCUT2D eigenvalue weighted by Gasteiger charge is -2.36. The highest BCUT2D eigenvalue weighted by Gasteiger charge is 2.41. The molecule has 3 rings (SSSR count). The van der Waals surface area contributed by atoms with E-state index >= 15 is 0 Å². The molecule has 1 aliphatic carbocycles. The number of methoxy groups -OCH3 is 1. The number of morpholine rings is 1. The summed E-state index contributed by atoms with van der Waals surface area (Å²) in [5.74, 6) is -0.0504. The zero-order chi connectivity index (χ0) is 24.5. The van der Waals surface area contributed by atoms with Crippen molar-refractivity contribution in [2.75, 3.05) is 40.0 Å². The Morgan fingerprint density at radius 1 is 1.26 bits per heavy atom. The molecule has 1 aromatic heterocycles. The summed E-state index contributed by atoms with van der Waals surface area (Å²) in [5.41, 5.74) is 2.86. The first-order chi connectivity index (χ1) is 16.4. The van der Waals surface area contributed by atoms with Crippen molar-refractivity contribution in [3.8, 4) is 0 Å². The summed E-state index contributed by atoms with van der Waals surface area (Å²) in [6, 6.07) is 4.13. The quantitative estimate of drug-likeness (QED) is 0.312. The fourth-order valence-corrected chi connectivity index (χ4v) is 4.36. The molecule has 0 bridgehead atoms. The molecular weight excluding hydrogens is 440 g/mol. The molecule has 1 saturated heterocycles. The van der Waals surface area contributed by atoms with Gasteiger partial charge in [-0.3, -0.25) is 9.78 Å². The first-order valence-corrected chi connectivity index (χ1v) is 12.2. The number of hydrogen-bond donors (Lipinski definition) is 4. The van der Waals surface area contributed by atoms with E-state index in [1.165, 1.54) is 0 Å². The number of carboxylic acid groups (broad SMARTS) is 1. The summed E-state index contributed by atoms with van der Waals surface area (Å²) in [6.07, 6.45) is 2.82. The van der Waals surface area contributed by atoms with E-state index in [0.29, 0.717) is 39.1 Å². The molecule has 34 heavy (non-hydrogen) atoms. The highest BCUT2D eigenvalue weighted by atomic mass is 16.5. The third-order valence-electron chi connectivity index (χ3n) is 6.25. The number of nitrogens with one attached hydrogen (secondary N) is 2. The first kappa shape index (κ1) is 26.3. The van der Waals surface area contributed by atoms with Gasteiger partial charge in [0, 0.05) is 50.8 Å². The minimum Gasteiger partial charge on any atom is -0.465 e. The monoisotopic (exact) mass is 478 g/mol. The smallest absolute Gasteiger partial charge is 0.404 e. The molecule has 2 fully saturated rings. The van der Waals surface area contributed by atoms with Gasteiger partial charge in [0.05, 0.1) is 18.8 Å². The summed E-state index contributed by atoms with van der Waals surface area (Å²) in [4.78, 5) is 30.9. The van der Waals surface area contributed by atoms with E-state index in [2.05, 4.69) is 16.7 Å². The number of aliphatic hydroxyl groups excluding tert-OH is 1. The predicted molar refractivity (Wildman–Crippen MR) is 126 cm³/mol. The lowest BCUT2D eigenvalue weighted by atomic mass is 10.0. The van der Waals surface area contributed by atoms with Crippen LogP contribution in [0.25, 0.3) is 0 Å².